The zero-order valence-corrected chi connectivity index (χ0v) is 11.7. The van der Waals surface area contributed by atoms with E-state index in [9.17, 15) is 13.5 Å². The van der Waals surface area contributed by atoms with Crippen LogP contribution in [0.2, 0.25) is 0 Å². The molecular formula is C12H17NO3S2. The van der Waals surface area contributed by atoms with Gasteiger partial charge in [0.25, 0.3) is 0 Å². The zero-order valence-electron chi connectivity index (χ0n) is 10.1. The molecule has 1 saturated heterocycles. The number of hydrogen-bond donors (Lipinski definition) is 2. The van der Waals surface area contributed by atoms with E-state index in [1.54, 1.807) is 0 Å². The summed E-state index contributed by atoms with van der Waals surface area (Å²) < 4.78 is 22.8. The van der Waals surface area contributed by atoms with Crippen LogP contribution in [-0.2, 0) is 29.2 Å². The number of aryl methyl sites for hydroxylation is 2. The van der Waals surface area contributed by atoms with E-state index in [1.165, 1.54) is 34.6 Å². The molecule has 0 spiro atoms. The number of rotatable bonds is 3. The Balaban J connectivity index is 1.61. The molecule has 0 amide bonds. The predicted octanol–water partition coefficient (Wildman–Crippen LogP) is 0.484. The van der Waals surface area contributed by atoms with E-state index >= 15 is 0 Å². The molecule has 6 heteroatoms. The highest BCUT2D eigenvalue weighted by molar-refractivity contribution is 7.91. The summed E-state index contributed by atoms with van der Waals surface area (Å²) in [5, 5.41) is 12.9. The Bertz CT molecular complexity index is 528. The van der Waals surface area contributed by atoms with Gasteiger partial charge in [-0.2, -0.15) is 0 Å². The number of aliphatic hydroxyl groups excluding tert-OH is 1. The summed E-state index contributed by atoms with van der Waals surface area (Å²) in [6.07, 6.45) is 2.85. The van der Waals surface area contributed by atoms with Gasteiger partial charge >= 0.3 is 0 Å². The normalized spacial score (nSPS) is 29.6. The highest BCUT2D eigenvalue weighted by atomic mass is 32.2. The molecule has 100 valence electrons. The van der Waals surface area contributed by atoms with E-state index in [1.807, 2.05) is 11.3 Å². The summed E-state index contributed by atoms with van der Waals surface area (Å²) in [5.41, 5.74) is 1.45. The van der Waals surface area contributed by atoms with Crippen molar-refractivity contribution in [3.05, 3.63) is 21.4 Å². The van der Waals surface area contributed by atoms with Gasteiger partial charge in [0.1, 0.15) is 0 Å². The number of nitrogens with one attached hydrogen (secondary N) is 1. The van der Waals surface area contributed by atoms with Crippen LogP contribution in [0.3, 0.4) is 0 Å². The lowest BCUT2D eigenvalue weighted by Crippen LogP contribution is -2.38. The Morgan fingerprint density at radius 3 is 2.89 bits per heavy atom. The quantitative estimate of drug-likeness (QED) is 0.849. The maximum Gasteiger partial charge on any atom is 0.154 e. The molecule has 1 aromatic heterocycles. The second kappa shape index (κ2) is 4.59. The van der Waals surface area contributed by atoms with E-state index < -0.39 is 15.9 Å². The van der Waals surface area contributed by atoms with Gasteiger partial charge in [0.15, 0.2) is 9.84 Å². The summed E-state index contributed by atoms with van der Waals surface area (Å²) >= 11 is 1.81. The van der Waals surface area contributed by atoms with E-state index in [-0.39, 0.29) is 17.5 Å². The molecule has 1 fully saturated rings. The first-order valence-electron chi connectivity index (χ1n) is 6.26. The number of fused-ring (bicyclic) bond motifs is 1. The number of aliphatic hydroxyl groups is 1. The summed E-state index contributed by atoms with van der Waals surface area (Å²) in [6.45, 7) is 0.662. The maximum atomic E-state index is 11.4. The first-order valence-corrected chi connectivity index (χ1v) is 8.90. The van der Waals surface area contributed by atoms with E-state index in [2.05, 4.69) is 11.4 Å². The molecule has 2 heterocycles. The van der Waals surface area contributed by atoms with Crippen molar-refractivity contribution in [3.63, 3.8) is 0 Å². The van der Waals surface area contributed by atoms with E-state index in [4.69, 9.17) is 0 Å². The Labute approximate surface area is 111 Å². The monoisotopic (exact) mass is 287 g/mol. The van der Waals surface area contributed by atoms with Gasteiger partial charge in [0.2, 0.25) is 0 Å². The molecule has 18 heavy (non-hydrogen) atoms. The highest BCUT2D eigenvalue weighted by Gasteiger charge is 2.36. The minimum absolute atomic E-state index is 0.0548. The fourth-order valence-corrected chi connectivity index (χ4v) is 5.72. The molecule has 0 bridgehead atoms. The van der Waals surface area contributed by atoms with E-state index in [0.717, 1.165) is 0 Å². The molecule has 1 aliphatic heterocycles. The van der Waals surface area contributed by atoms with Crippen LogP contribution >= 0.6 is 11.3 Å². The van der Waals surface area contributed by atoms with Gasteiger partial charge in [-0.25, -0.2) is 8.42 Å². The van der Waals surface area contributed by atoms with Gasteiger partial charge in [-0.3, -0.25) is 0 Å². The third kappa shape index (κ3) is 2.47. The smallest absolute Gasteiger partial charge is 0.154 e. The summed E-state index contributed by atoms with van der Waals surface area (Å²) in [4.78, 5) is 2.72. The molecule has 0 aromatic carbocycles. The Hall–Kier alpha value is -0.430. The van der Waals surface area contributed by atoms with Crippen molar-refractivity contribution in [2.45, 2.75) is 38.0 Å². The van der Waals surface area contributed by atoms with Crippen molar-refractivity contribution >= 4 is 21.2 Å². The molecule has 1 aromatic rings. The minimum Gasteiger partial charge on any atom is -0.390 e. The van der Waals surface area contributed by atoms with Gasteiger partial charge in [0, 0.05) is 22.3 Å². The molecule has 3 rings (SSSR count). The predicted molar refractivity (Wildman–Crippen MR) is 71.6 cm³/mol. The standard InChI is InChI=1S/C12H17NO3S2/c14-11-7-18(15,16)6-10(11)13-5-9-4-8-2-1-3-12(8)17-9/h4,10-11,13-14H,1-3,5-7H2. The Morgan fingerprint density at radius 1 is 1.39 bits per heavy atom. The van der Waals surface area contributed by atoms with Crippen LogP contribution in [0.1, 0.15) is 21.7 Å². The third-order valence-electron chi connectivity index (χ3n) is 3.66. The highest BCUT2D eigenvalue weighted by Crippen LogP contribution is 2.30. The molecule has 2 atom stereocenters. The van der Waals surface area contributed by atoms with Crippen LogP contribution in [0.5, 0.6) is 0 Å². The van der Waals surface area contributed by atoms with Crippen LogP contribution in [0, 0.1) is 0 Å². The van der Waals surface area contributed by atoms with Crippen molar-refractivity contribution in [3.8, 4) is 0 Å². The average Bonchev–Trinajstić information content (AvgIpc) is 2.88. The molecule has 2 N–H and O–H groups in total. The van der Waals surface area contributed by atoms with Crippen LogP contribution in [0.15, 0.2) is 6.07 Å². The first kappa shape index (κ1) is 12.6. The second-order valence-corrected chi connectivity index (χ2v) is 8.52. The minimum atomic E-state index is -3.05. The van der Waals surface area contributed by atoms with Gasteiger partial charge in [-0.1, -0.05) is 0 Å². The fraction of sp³-hybridized carbons (Fsp3) is 0.667. The van der Waals surface area contributed by atoms with E-state index in [0.29, 0.717) is 6.54 Å². The lowest BCUT2D eigenvalue weighted by atomic mass is 10.2. The second-order valence-electron chi connectivity index (χ2n) is 5.15. The lowest BCUT2D eigenvalue weighted by molar-refractivity contribution is 0.165. The topological polar surface area (TPSA) is 66.4 Å². The van der Waals surface area contributed by atoms with Crippen molar-refractivity contribution in [2.75, 3.05) is 11.5 Å². The van der Waals surface area contributed by atoms with Crippen LogP contribution in [0.25, 0.3) is 0 Å². The van der Waals surface area contributed by atoms with Crippen molar-refractivity contribution < 1.29 is 13.5 Å². The van der Waals surface area contributed by atoms with Crippen LogP contribution in [0.4, 0.5) is 0 Å². The fourth-order valence-electron chi connectivity index (χ4n) is 2.73. The van der Waals surface area contributed by atoms with Gasteiger partial charge in [-0.05, 0) is 30.9 Å². The van der Waals surface area contributed by atoms with Crippen molar-refractivity contribution in [2.24, 2.45) is 0 Å². The Morgan fingerprint density at radius 2 is 2.22 bits per heavy atom. The van der Waals surface area contributed by atoms with Gasteiger partial charge in [-0.15, -0.1) is 11.3 Å². The average molecular weight is 287 g/mol. The largest absolute Gasteiger partial charge is 0.390 e. The number of sulfone groups is 1. The number of thiophene rings is 1. The van der Waals surface area contributed by atoms with Gasteiger partial charge < -0.3 is 10.4 Å². The first-order chi connectivity index (χ1) is 8.53. The third-order valence-corrected chi connectivity index (χ3v) is 6.61. The van der Waals surface area contributed by atoms with Crippen molar-refractivity contribution in [1.29, 1.82) is 0 Å². The summed E-state index contributed by atoms with van der Waals surface area (Å²) in [5.74, 6) is -0.0507. The zero-order chi connectivity index (χ0) is 12.8. The Kier molecular flexibility index (Phi) is 3.21. The summed E-state index contributed by atoms with van der Waals surface area (Å²) in [7, 11) is -3.05. The van der Waals surface area contributed by atoms with Crippen molar-refractivity contribution in [1.82, 2.24) is 5.32 Å². The maximum absolute atomic E-state index is 11.4. The molecular weight excluding hydrogens is 270 g/mol. The van der Waals surface area contributed by atoms with Crippen LogP contribution in [-0.4, -0.2) is 37.2 Å². The number of hydrogen-bond acceptors (Lipinski definition) is 5. The molecule has 2 unspecified atom stereocenters. The SMILES string of the molecule is O=S1(=O)CC(O)C(NCc2cc3c(s2)CCC3)C1. The lowest BCUT2D eigenvalue weighted by Gasteiger charge is -2.13. The molecule has 4 nitrogen and oxygen atoms in total. The summed E-state index contributed by atoms with van der Waals surface area (Å²) in [6, 6.07) is 1.91. The molecule has 1 aliphatic carbocycles. The molecule has 2 aliphatic rings. The van der Waals surface area contributed by atoms with Gasteiger partial charge in [0.05, 0.1) is 17.6 Å². The molecule has 0 saturated carbocycles. The molecule has 0 radical (unpaired) electrons. The van der Waals surface area contributed by atoms with Crippen LogP contribution < -0.4 is 5.32 Å².